The van der Waals surface area contributed by atoms with Crippen molar-refractivity contribution in [3.05, 3.63) is 37.4 Å². The minimum Gasteiger partial charge on any atom is -0.240 e. The van der Waals surface area contributed by atoms with Crippen LogP contribution < -0.4 is 9.13 Å². The molecule has 0 saturated carbocycles. The SMILES string of the molecule is [2H]c1n(C)cc[n+]1CCCCCCCCC[n+]1ccn(C)c1[2H]. The van der Waals surface area contributed by atoms with Gasteiger partial charge in [-0.1, -0.05) is 19.3 Å². The van der Waals surface area contributed by atoms with E-state index in [1.165, 1.54) is 32.1 Å². The topological polar surface area (TPSA) is 17.6 Å². The Labute approximate surface area is 131 Å². The molecular weight excluding hydrogens is 260 g/mol. The van der Waals surface area contributed by atoms with E-state index in [-0.39, 0.29) is 0 Å². The van der Waals surface area contributed by atoms with Crippen LogP contribution in [-0.2, 0) is 27.2 Å². The smallest absolute Gasteiger partial charge is 0.240 e. The van der Waals surface area contributed by atoms with Crippen molar-refractivity contribution in [3.63, 3.8) is 0 Å². The highest BCUT2D eigenvalue weighted by molar-refractivity contribution is 4.62. The summed E-state index contributed by atoms with van der Waals surface area (Å²) in [4.78, 5) is 0. The number of unbranched alkanes of at least 4 members (excludes halogenated alkanes) is 6. The van der Waals surface area contributed by atoms with Crippen molar-refractivity contribution in [3.8, 4) is 0 Å². The van der Waals surface area contributed by atoms with Gasteiger partial charge in [-0.2, -0.15) is 0 Å². The van der Waals surface area contributed by atoms with Crippen LogP contribution in [-0.4, -0.2) is 9.13 Å². The molecule has 0 aliphatic carbocycles. The highest BCUT2D eigenvalue weighted by atomic mass is 15.1. The normalized spacial score (nSPS) is 12.5. The fourth-order valence-corrected chi connectivity index (χ4v) is 2.60. The summed E-state index contributed by atoms with van der Waals surface area (Å²) in [6.07, 6.45) is 17.7. The number of imidazole rings is 2. The zero-order valence-corrected chi connectivity index (χ0v) is 13.5. The second-order valence-electron chi connectivity index (χ2n) is 5.88. The van der Waals surface area contributed by atoms with Crippen molar-refractivity contribution in [2.75, 3.05) is 0 Å². The lowest BCUT2D eigenvalue weighted by Crippen LogP contribution is -2.30. The van der Waals surface area contributed by atoms with E-state index in [0.717, 1.165) is 25.9 Å². The molecule has 0 aliphatic rings. The van der Waals surface area contributed by atoms with Crippen LogP contribution in [0.5, 0.6) is 0 Å². The molecule has 4 heteroatoms. The van der Waals surface area contributed by atoms with Crippen LogP contribution in [0.3, 0.4) is 0 Å². The molecule has 0 N–H and O–H groups in total. The molecule has 0 aliphatic heterocycles. The summed E-state index contributed by atoms with van der Waals surface area (Å²) in [5, 5.41) is 0. The first-order valence-corrected chi connectivity index (χ1v) is 8.12. The van der Waals surface area contributed by atoms with E-state index in [1.807, 2.05) is 57.2 Å². The van der Waals surface area contributed by atoms with Crippen LogP contribution >= 0.6 is 0 Å². The number of rotatable bonds is 10. The maximum absolute atomic E-state index is 7.86. The van der Waals surface area contributed by atoms with Gasteiger partial charge in [0, 0.05) is 0 Å². The molecule has 0 atom stereocenters. The van der Waals surface area contributed by atoms with Gasteiger partial charge in [0.25, 0.3) is 0 Å². The van der Waals surface area contributed by atoms with Gasteiger partial charge >= 0.3 is 0 Å². The second-order valence-corrected chi connectivity index (χ2v) is 5.88. The molecule has 2 aromatic rings. The highest BCUT2D eigenvalue weighted by Gasteiger charge is 2.00. The molecule has 0 aromatic carbocycles. The van der Waals surface area contributed by atoms with Crippen LogP contribution in [0.15, 0.2) is 37.4 Å². The third kappa shape index (κ3) is 6.15. The van der Waals surface area contributed by atoms with Crippen molar-refractivity contribution in [2.45, 2.75) is 58.0 Å². The molecule has 0 bridgehead atoms. The van der Waals surface area contributed by atoms with E-state index in [0.29, 0.717) is 12.6 Å². The third-order valence-electron chi connectivity index (χ3n) is 3.81. The average molecular weight is 292 g/mol. The van der Waals surface area contributed by atoms with Crippen LogP contribution in [0.25, 0.3) is 0 Å². The zero-order valence-electron chi connectivity index (χ0n) is 15.5. The Morgan fingerprint density at radius 3 is 1.43 bits per heavy atom. The highest BCUT2D eigenvalue weighted by Crippen LogP contribution is 2.07. The zero-order chi connectivity index (χ0) is 16.7. The number of aromatic nitrogens is 4. The lowest BCUT2D eigenvalue weighted by molar-refractivity contribution is -0.696. The van der Waals surface area contributed by atoms with Gasteiger partial charge in [-0.05, 0) is 25.7 Å². The Morgan fingerprint density at radius 2 is 1.10 bits per heavy atom. The van der Waals surface area contributed by atoms with Gasteiger partial charge in [0.2, 0.25) is 12.6 Å². The fraction of sp³-hybridized carbons (Fsp3) is 0.647. The first-order valence-electron chi connectivity index (χ1n) is 9.12. The minimum atomic E-state index is 0.581. The van der Waals surface area contributed by atoms with E-state index in [9.17, 15) is 0 Å². The monoisotopic (exact) mass is 292 g/mol. The first kappa shape index (κ1) is 13.1. The largest absolute Gasteiger partial charge is 0.243 e. The minimum absolute atomic E-state index is 0.581. The quantitative estimate of drug-likeness (QED) is 0.473. The van der Waals surface area contributed by atoms with E-state index in [2.05, 4.69) is 0 Å². The molecule has 0 saturated heterocycles. The van der Waals surface area contributed by atoms with E-state index >= 15 is 0 Å². The van der Waals surface area contributed by atoms with Crippen LogP contribution in [0.1, 0.15) is 47.7 Å². The first-order chi connectivity index (χ1) is 11.1. The molecule has 0 fully saturated rings. The molecule has 2 rings (SSSR count). The summed E-state index contributed by atoms with van der Waals surface area (Å²) in [5.41, 5.74) is 0. The van der Waals surface area contributed by atoms with E-state index in [1.54, 1.807) is 0 Å². The summed E-state index contributed by atoms with van der Waals surface area (Å²) in [6.45, 7) is 1.91. The number of hydrogen-bond acceptors (Lipinski definition) is 0. The predicted molar refractivity (Wildman–Crippen MR) is 83.5 cm³/mol. The number of hydrogen-bond donors (Lipinski definition) is 0. The summed E-state index contributed by atoms with van der Waals surface area (Å²) in [5.74, 6) is 0. The van der Waals surface area contributed by atoms with Gasteiger partial charge < -0.3 is 0 Å². The van der Waals surface area contributed by atoms with E-state index in [4.69, 9.17) is 2.74 Å². The molecule has 116 valence electrons. The Bertz CT molecular complexity index is 552. The summed E-state index contributed by atoms with van der Waals surface area (Å²) in [6, 6.07) is 0. The summed E-state index contributed by atoms with van der Waals surface area (Å²) in [7, 11) is 3.83. The molecule has 0 spiro atoms. The summed E-state index contributed by atoms with van der Waals surface area (Å²) < 4.78 is 23.4. The molecule has 21 heavy (non-hydrogen) atoms. The van der Waals surface area contributed by atoms with Crippen molar-refractivity contribution in [1.29, 1.82) is 0 Å². The van der Waals surface area contributed by atoms with Crippen LogP contribution in [0.4, 0.5) is 0 Å². The van der Waals surface area contributed by atoms with Gasteiger partial charge in [0.05, 0.1) is 27.2 Å². The standard InChI is InChI=1S/C17H30N4/c1-18-12-14-20(16-18)10-8-6-4-3-5-7-9-11-21-15-13-19(2)17-21/h12-17H,3-11H2,1-2H3/q+2/i16D,17D. The lowest BCUT2D eigenvalue weighted by Gasteiger charge is -2.01. The Kier molecular flexibility index (Phi) is 5.40. The van der Waals surface area contributed by atoms with Gasteiger partial charge in [0.1, 0.15) is 24.8 Å². The molecule has 0 unspecified atom stereocenters. The third-order valence-corrected chi connectivity index (χ3v) is 3.81. The van der Waals surface area contributed by atoms with Gasteiger partial charge in [-0.25, -0.2) is 18.3 Å². The Balaban J connectivity index is 1.47. The molecular formula is C17H30N4+2. The Morgan fingerprint density at radius 1 is 0.714 bits per heavy atom. The summed E-state index contributed by atoms with van der Waals surface area (Å²) >= 11 is 0. The van der Waals surface area contributed by atoms with Crippen molar-refractivity contribution >= 4 is 0 Å². The average Bonchev–Trinajstić information content (AvgIpc) is 3.03. The predicted octanol–water partition coefficient (Wildman–Crippen LogP) is 2.37. The van der Waals surface area contributed by atoms with E-state index < -0.39 is 0 Å². The van der Waals surface area contributed by atoms with Gasteiger partial charge in [0.15, 0.2) is 2.74 Å². The maximum atomic E-state index is 7.86. The molecule has 2 heterocycles. The molecule has 0 radical (unpaired) electrons. The van der Waals surface area contributed by atoms with Crippen molar-refractivity contribution in [1.82, 2.24) is 9.13 Å². The van der Waals surface area contributed by atoms with Crippen molar-refractivity contribution in [2.24, 2.45) is 14.1 Å². The number of aryl methyl sites for hydroxylation is 4. The number of nitrogens with zero attached hydrogens (tertiary/aromatic N) is 4. The Hall–Kier alpha value is -1.58. The second kappa shape index (κ2) is 8.65. The lowest BCUT2D eigenvalue weighted by atomic mass is 10.1. The van der Waals surface area contributed by atoms with Gasteiger partial charge in [-0.3, -0.25) is 0 Å². The van der Waals surface area contributed by atoms with Crippen molar-refractivity contribution < 1.29 is 11.9 Å². The van der Waals surface area contributed by atoms with Crippen LogP contribution in [0.2, 0.25) is 0 Å². The van der Waals surface area contributed by atoms with Crippen LogP contribution in [0, 0.1) is 0 Å². The molecule has 2 aromatic heterocycles. The molecule has 4 nitrogen and oxygen atoms in total. The van der Waals surface area contributed by atoms with Gasteiger partial charge in [-0.15, -0.1) is 0 Å². The fourth-order valence-electron chi connectivity index (χ4n) is 2.60. The maximum Gasteiger partial charge on any atom is 0.243 e. The molecule has 0 amide bonds.